The Bertz CT molecular complexity index is 106. The van der Waals surface area contributed by atoms with Crippen LogP contribution in [0.15, 0.2) is 12.2 Å². The highest BCUT2D eigenvalue weighted by Crippen LogP contribution is 2.39. The molecular weight excluding hydrogens is 380 g/mol. The molecule has 9 heavy (non-hydrogen) atoms. The lowest BCUT2D eigenvalue weighted by molar-refractivity contribution is 1.19. The standard InChI is InChI=1S/C5H6Br4/c1-2-3-5(8,9)4(6)7/h2-4H,1H3. The minimum absolute atomic E-state index is 0.172. The number of hydrogen-bond acceptors (Lipinski definition) is 0. The van der Waals surface area contributed by atoms with Crippen molar-refractivity contribution in [2.45, 2.75) is 13.9 Å². The highest BCUT2D eigenvalue weighted by Gasteiger charge is 2.25. The van der Waals surface area contributed by atoms with Gasteiger partial charge in [0.25, 0.3) is 0 Å². The highest BCUT2D eigenvalue weighted by molar-refractivity contribution is 9.30. The van der Waals surface area contributed by atoms with Crippen molar-refractivity contribution in [2.75, 3.05) is 0 Å². The summed E-state index contributed by atoms with van der Waals surface area (Å²) in [6.07, 6.45) is 3.97. The number of halogens is 4. The van der Waals surface area contributed by atoms with Gasteiger partial charge in [-0.3, -0.25) is 0 Å². The van der Waals surface area contributed by atoms with Gasteiger partial charge in [0, 0.05) is 0 Å². The van der Waals surface area contributed by atoms with E-state index in [9.17, 15) is 0 Å². The average molecular weight is 386 g/mol. The average Bonchev–Trinajstić information content (AvgIpc) is 1.65. The molecule has 0 fully saturated rings. The Hall–Kier alpha value is 1.66. The molecule has 0 rings (SSSR count). The van der Waals surface area contributed by atoms with Crippen molar-refractivity contribution < 1.29 is 0 Å². The summed E-state index contributed by atoms with van der Waals surface area (Å²) in [5, 5.41) is 0. The molecule has 0 spiro atoms. The first-order valence-electron chi connectivity index (χ1n) is 2.30. The van der Waals surface area contributed by atoms with E-state index >= 15 is 0 Å². The largest absolute Gasteiger partial charge is 0.121 e. The van der Waals surface area contributed by atoms with Crippen molar-refractivity contribution in [3.8, 4) is 0 Å². The van der Waals surface area contributed by atoms with Gasteiger partial charge in [0.05, 0.1) is 3.74 Å². The smallest absolute Gasteiger partial charge is 0.0894 e. The van der Waals surface area contributed by atoms with Crippen LogP contribution < -0.4 is 0 Å². The van der Waals surface area contributed by atoms with Gasteiger partial charge in [-0.25, -0.2) is 0 Å². The van der Waals surface area contributed by atoms with Gasteiger partial charge < -0.3 is 0 Å². The molecule has 0 radical (unpaired) electrons. The number of rotatable bonds is 2. The third-order valence-corrected chi connectivity index (χ3v) is 6.03. The molecule has 0 atom stereocenters. The SMILES string of the molecule is CC=CC(Br)(Br)C(Br)Br. The fourth-order valence-electron chi connectivity index (χ4n) is 0.295. The summed E-state index contributed by atoms with van der Waals surface area (Å²) in [4.78, 5) is 0. The summed E-state index contributed by atoms with van der Waals surface area (Å²) in [6, 6.07) is 0. The molecule has 0 aromatic carbocycles. The zero-order chi connectivity index (χ0) is 7.49. The molecule has 0 bridgehead atoms. The summed E-state index contributed by atoms with van der Waals surface area (Å²) in [6.45, 7) is 1.97. The second-order valence-electron chi connectivity index (χ2n) is 1.48. The van der Waals surface area contributed by atoms with E-state index in [4.69, 9.17) is 0 Å². The Kier molecular flexibility index (Phi) is 5.35. The molecule has 0 aliphatic rings. The van der Waals surface area contributed by atoms with Crippen molar-refractivity contribution in [2.24, 2.45) is 0 Å². The first-order chi connectivity index (χ1) is 4.00. The Labute approximate surface area is 89.0 Å². The van der Waals surface area contributed by atoms with Gasteiger partial charge in [0.15, 0.2) is 0 Å². The van der Waals surface area contributed by atoms with Crippen molar-refractivity contribution >= 4 is 63.7 Å². The molecule has 0 unspecified atom stereocenters. The van der Waals surface area contributed by atoms with Crippen molar-refractivity contribution in [1.82, 2.24) is 0 Å². The van der Waals surface area contributed by atoms with Crippen molar-refractivity contribution in [3.05, 3.63) is 12.2 Å². The number of hydrogen-bond donors (Lipinski definition) is 0. The van der Waals surface area contributed by atoms with Gasteiger partial charge in [0.2, 0.25) is 0 Å². The third kappa shape index (κ3) is 4.17. The molecule has 0 heterocycles. The normalized spacial score (nSPS) is 13.6. The van der Waals surface area contributed by atoms with E-state index < -0.39 is 0 Å². The van der Waals surface area contributed by atoms with Crippen LogP contribution in [0.5, 0.6) is 0 Å². The topological polar surface area (TPSA) is 0 Å². The molecule has 0 saturated carbocycles. The molecule has 0 N–H and O–H groups in total. The first kappa shape index (κ1) is 10.7. The van der Waals surface area contributed by atoms with Crippen LogP contribution in [-0.2, 0) is 0 Å². The monoisotopic (exact) mass is 382 g/mol. The zero-order valence-corrected chi connectivity index (χ0v) is 11.1. The molecule has 0 saturated heterocycles. The van der Waals surface area contributed by atoms with Crippen LogP contribution in [0.1, 0.15) is 6.92 Å². The van der Waals surface area contributed by atoms with E-state index in [-0.39, 0.29) is 6.97 Å². The maximum Gasteiger partial charge on any atom is 0.121 e. The van der Waals surface area contributed by atoms with Crippen LogP contribution in [0.3, 0.4) is 0 Å². The summed E-state index contributed by atoms with van der Waals surface area (Å²) in [5.41, 5.74) is 0. The molecule has 0 aromatic rings. The summed E-state index contributed by atoms with van der Waals surface area (Å²) in [7, 11) is 0. The van der Waals surface area contributed by atoms with Gasteiger partial charge >= 0.3 is 0 Å². The van der Waals surface area contributed by atoms with Crippen LogP contribution in [0.4, 0.5) is 0 Å². The van der Waals surface area contributed by atoms with Crippen LogP contribution >= 0.6 is 63.7 Å². The fraction of sp³-hybridized carbons (Fsp3) is 0.600. The maximum atomic E-state index is 3.44. The summed E-state index contributed by atoms with van der Waals surface area (Å²) >= 11 is 13.6. The van der Waals surface area contributed by atoms with Gasteiger partial charge in [-0.2, -0.15) is 0 Å². The number of allylic oxidation sites excluding steroid dienone is 2. The van der Waals surface area contributed by atoms with Gasteiger partial charge in [0.1, 0.15) is 3.23 Å². The van der Waals surface area contributed by atoms with Crippen LogP contribution in [0, 0.1) is 0 Å². The Morgan fingerprint density at radius 2 is 1.78 bits per heavy atom. The van der Waals surface area contributed by atoms with E-state index in [1.807, 2.05) is 19.1 Å². The second kappa shape index (κ2) is 4.52. The highest BCUT2D eigenvalue weighted by atomic mass is 79.9. The van der Waals surface area contributed by atoms with E-state index in [2.05, 4.69) is 63.7 Å². The van der Waals surface area contributed by atoms with E-state index in [1.54, 1.807) is 0 Å². The molecular formula is C5H6Br4. The Morgan fingerprint density at radius 1 is 1.33 bits per heavy atom. The lowest BCUT2D eigenvalue weighted by Crippen LogP contribution is -2.15. The molecule has 0 aromatic heterocycles. The van der Waals surface area contributed by atoms with E-state index in [0.29, 0.717) is 0 Å². The first-order valence-corrected chi connectivity index (χ1v) is 5.72. The van der Waals surface area contributed by atoms with Gasteiger partial charge in [-0.15, -0.1) is 0 Å². The third-order valence-electron chi connectivity index (χ3n) is 0.680. The quantitative estimate of drug-likeness (QED) is 0.494. The van der Waals surface area contributed by atoms with E-state index in [1.165, 1.54) is 0 Å². The van der Waals surface area contributed by atoms with Crippen molar-refractivity contribution in [3.63, 3.8) is 0 Å². The molecule has 0 amide bonds. The number of alkyl halides is 4. The van der Waals surface area contributed by atoms with Gasteiger partial charge in [-0.05, 0) is 6.92 Å². The van der Waals surface area contributed by atoms with Crippen LogP contribution in [-0.4, -0.2) is 6.97 Å². The molecule has 4 heteroatoms. The van der Waals surface area contributed by atoms with Crippen molar-refractivity contribution in [1.29, 1.82) is 0 Å². The molecule has 54 valence electrons. The maximum absolute atomic E-state index is 3.44. The summed E-state index contributed by atoms with van der Waals surface area (Å²) in [5.74, 6) is 0. The Balaban J connectivity index is 4.01. The predicted molar refractivity (Wildman–Crippen MR) is 57.0 cm³/mol. The van der Waals surface area contributed by atoms with Crippen LogP contribution in [0.2, 0.25) is 0 Å². The van der Waals surface area contributed by atoms with Gasteiger partial charge in [-0.1, -0.05) is 75.9 Å². The zero-order valence-electron chi connectivity index (χ0n) is 4.74. The molecule has 0 aliphatic heterocycles. The minimum atomic E-state index is -0.172. The summed E-state index contributed by atoms with van der Waals surface area (Å²) < 4.78 is 0.0167. The molecule has 0 aliphatic carbocycles. The van der Waals surface area contributed by atoms with E-state index in [0.717, 1.165) is 0 Å². The van der Waals surface area contributed by atoms with Crippen LogP contribution in [0.25, 0.3) is 0 Å². The lowest BCUT2D eigenvalue weighted by atomic mass is 10.4. The second-order valence-corrected chi connectivity index (χ2v) is 8.22. The molecule has 0 nitrogen and oxygen atoms in total. The lowest BCUT2D eigenvalue weighted by Gasteiger charge is -2.16. The minimum Gasteiger partial charge on any atom is -0.0894 e. The fourth-order valence-corrected chi connectivity index (χ4v) is 1.13. The Morgan fingerprint density at radius 3 is 1.89 bits per heavy atom. The predicted octanol–water partition coefficient (Wildman–Crippen LogP) is 4.16.